The van der Waals surface area contributed by atoms with E-state index in [0.29, 0.717) is 5.56 Å². The molecule has 32 heavy (non-hydrogen) atoms. The number of benzene rings is 2. The molecule has 0 unspecified atom stereocenters. The van der Waals surface area contributed by atoms with Crippen molar-refractivity contribution in [2.24, 2.45) is 0 Å². The van der Waals surface area contributed by atoms with E-state index in [-0.39, 0.29) is 24.1 Å². The van der Waals surface area contributed by atoms with Gasteiger partial charge in [0, 0.05) is 12.0 Å². The highest BCUT2D eigenvalue weighted by Gasteiger charge is 2.41. The highest BCUT2D eigenvalue weighted by Crippen LogP contribution is 2.38. The van der Waals surface area contributed by atoms with E-state index in [1.807, 2.05) is 6.92 Å². The second kappa shape index (κ2) is 9.37. The van der Waals surface area contributed by atoms with Crippen molar-refractivity contribution < 1.29 is 41.1 Å². The predicted molar refractivity (Wildman–Crippen MR) is 103 cm³/mol. The van der Waals surface area contributed by atoms with Crippen molar-refractivity contribution in [2.45, 2.75) is 39.0 Å². The van der Waals surface area contributed by atoms with Crippen molar-refractivity contribution in [1.82, 2.24) is 5.16 Å². The molecule has 0 spiro atoms. The van der Waals surface area contributed by atoms with E-state index in [9.17, 15) is 26.7 Å². The zero-order chi connectivity index (χ0) is 23.5. The summed E-state index contributed by atoms with van der Waals surface area (Å²) in [5, 5.41) is 12.2. The second-order valence-electron chi connectivity index (χ2n) is 6.96. The Balaban J connectivity index is 1.91. The number of hydrogen-bond donors (Lipinski definition) is 1. The molecule has 0 fully saturated rings. The van der Waals surface area contributed by atoms with Crippen LogP contribution in [0.25, 0.3) is 11.3 Å². The summed E-state index contributed by atoms with van der Waals surface area (Å²) in [5.41, 5.74) is 0.699. The molecule has 0 aliphatic heterocycles. The standard InChI is InChI=1S/C22H18F5NO4/c1-2-12-3-6-14(7-4-12)19-15(21(32-28-19)22(25,26)27)11-31-20-16(23)9-13(10-17(20)24)5-8-18(29)30/h3-4,6-7,9-10H,2,5,8,11H2,1H3,(H,29,30). The zero-order valence-corrected chi connectivity index (χ0v) is 16.8. The van der Waals surface area contributed by atoms with Crippen LogP contribution in [-0.4, -0.2) is 16.2 Å². The molecule has 0 radical (unpaired) electrons. The van der Waals surface area contributed by atoms with Crippen molar-refractivity contribution in [3.63, 3.8) is 0 Å². The van der Waals surface area contributed by atoms with E-state index in [0.717, 1.165) is 24.1 Å². The molecule has 5 nitrogen and oxygen atoms in total. The van der Waals surface area contributed by atoms with Crippen LogP contribution in [0.1, 0.15) is 35.8 Å². The lowest BCUT2D eigenvalue weighted by Gasteiger charge is -2.12. The minimum atomic E-state index is -4.90. The molecular weight excluding hydrogens is 437 g/mol. The first kappa shape index (κ1) is 23.2. The third-order valence-corrected chi connectivity index (χ3v) is 4.73. The first-order valence-corrected chi connectivity index (χ1v) is 9.57. The Morgan fingerprint density at radius 3 is 2.25 bits per heavy atom. The number of carbonyl (C=O) groups is 1. The van der Waals surface area contributed by atoms with E-state index in [4.69, 9.17) is 9.84 Å². The van der Waals surface area contributed by atoms with Crippen molar-refractivity contribution in [3.8, 4) is 17.0 Å². The van der Waals surface area contributed by atoms with Gasteiger partial charge in [-0.3, -0.25) is 4.79 Å². The Hall–Kier alpha value is -3.43. The molecule has 1 heterocycles. The van der Waals surface area contributed by atoms with Gasteiger partial charge in [-0.1, -0.05) is 36.3 Å². The Morgan fingerprint density at radius 2 is 1.72 bits per heavy atom. The number of halogens is 5. The average molecular weight is 455 g/mol. The number of alkyl halides is 3. The van der Waals surface area contributed by atoms with Gasteiger partial charge in [0.2, 0.25) is 5.76 Å². The average Bonchev–Trinajstić information content (AvgIpc) is 3.16. The second-order valence-corrected chi connectivity index (χ2v) is 6.96. The summed E-state index contributed by atoms with van der Waals surface area (Å²) >= 11 is 0. The molecule has 0 amide bonds. The van der Waals surface area contributed by atoms with Gasteiger partial charge >= 0.3 is 12.1 Å². The van der Waals surface area contributed by atoms with Crippen LogP contribution in [0.2, 0.25) is 0 Å². The van der Waals surface area contributed by atoms with E-state index < -0.39 is 47.5 Å². The van der Waals surface area contributed by atoms with Gasteiger partial charge in [-0.05, 0) is 36.1 Å². The van der Waals surface area contributed by atoms with Gasteiger partial charge in [0.25, 0.3) is 0 Å². The lowest BCUT2D eigenvalue weighted by Crippen LogP contribution is -2.10. The van der Waals surface area contributed by atoms with E-state index >= 15 is 0 Å². The van der Waals surface area contributed by atoms with Gasteiger partial charge in [-0.15, -0.1) is 0 Å². The molecule has 170 valence electrons. The number of hydrogen-bond acceptors (Lipinski definition) is 4. The van der Waals surface area contributed by atoms with Crippen molar-refractivity contribution >= 4 is 5.97 Å². The largest absolute Gasteiger partial charge is 0.483 e. The molecule has 0 saturated carbocycles. The Kier molecular flexibility index (Phi) is 6.81. The molecule has 2 aromatic carbocycles. The van der Waals surface area contributed by atoms with E-state index in [1.165, 1.54) is 0 Å². The molecular formula is C22H18F5NO4. The SMILES string of the molecule is CCc1ccc(-c2noc(C(F)(F)F)c2COc2c(F)cc(CCC(=O)O)cc2F)cc1. The molecule has 3 rings (SSSR count). The summed E-state index contributed by atoms with van der Waals surface area (Å²) in [4.78, 5) is 10.6. The minimum absolute atomic E-state index is 0.0763. The number of carboxylic acid groups (broad SMARTS) is 1. The van der Waals surface area contributed by atoms with Gasteiger partial charge in [-0.2, -0.15) is 13.2 Å². The highest BCUT2D eigenvalue weighted by atomic mass is 19.4. The number of carboxylic acids is 1. The Bertz CT molecular complexity index is 1080. The molecule has 0 aliphatic rings. The van der Waals surface area contributed by atoms with Crippen LogP contribution in [0.5, 0.6) is 5.75 Å². The third kappa shape index (κ3) is 5.24. The minimum Gasteiger partial charge on any atom is -0.483 e. The molecule has 1 N–H and O–H groups in total. The lowest BCUT2D eigenvalue weighted by atomic mass is 10.0. The molecule has 3 aromatic rings. The maximum absolute atomic E-state index is 14.3. The number of aryl methyl sites for hydroxylation is 2. The van der Waals surface area contributed by atoms with E-state index in [1.54, 1.807) is 24.3 Å². The molecule has 0 aliphatic carbocycles. The predicted octanol–water partition coefficient (Wildman–Crippen LogP) is 5.80. The number of aromatic nitrogens is 1. The molecule has 10 heteroatoms. The molecule has 0 bridgehead atoms. The smallest absolute Gasteiger partial charge is 0.452 e. The first-order valence-electron chi connectivity index (χ1n) is 9.57. The third-order valence-electron chi connectivity index (χ3n) is 4.73. The van der Waals surface area contributed by atoms with Gasteiger partial charge < -0.3 is 14.4 Å². The zero-order valence-electron chi connectivity index (χ0n) is 16.8. The fraction of sp³-hybridized carbons (Fsp3) is 0.273. The number of ether oxygens (including phenoxy) is 1. The van der Waals surface area contributed by atoms with Crippen LogP contribution in [0, 0.1) is 11.6 Å². The van der Waals surface area contributed by atoms with Crippen molar-refractivity contribution in [1.29, 1.82) is 0 Å². The Morgan fingerprint density at radius 1 is 1.09 bits per heavy atom. The fourth-order valence-corrected chi connectivity index (χ4v) is 3.08. The summed E-state index contributed by atoms with van der Waals surface area (Å²) in [6.07, 6.45) is -4.63. The molecule has 0 saturated heterocycles. The van der Waals surface area contributed by atoms with Gasteiger partial charge in [0.1, 0.15) is 12.3 Å². The monoisotopic (exact) mass is 455 g/mol. The number of rotatable bonds is 8. The van der Waals surface area contributed by atoms with E-state index in [2.05, 4.69) is 9.68 Å². The molecule has 1 aromatic heterocycles. The summed E-state index contributed by atoms with van der Waals surface area (Å²) in [6, 6.07) is 8.33. The summed E-state index contributed by atoms with van der Waals surface area (Å²) in [7, 11) is 0. The topological polar surface area (TPSA) is 72.6 Å². The summed E-state index contributed by atoms with van der Waals surface area (Å²) in [6.45, 7) is 1.06. The first-order chi connectivity index (χ1) is 15.1. The van der Waals surface area contributed by atoms with Gasteiger partial charge in [0.05, 0.1) is 5.56 Å². The van der Waals surface area contributed by atoms with Crippen LogP contribution in [-0.2, 0) is 30.4 Å². The lowest BCUT2D eigenvalue weighted by molar-refractivity contribution is -0.156. The Labute approximate surface area is 179 Å². The number of aliphatic carboxylic acids is 1. The quantitative estimate of drug-likeness (QED) is 0.435. The maximum atomic E-state index is 14.3. The van der Waals surface area contributed by atoms with Crippen LogP contribution < -0.4 is 4.74 Å². The maximum Gasteiger partial charge on any atom is 0.452 e. The summed E-state index contributed by atoms with van der Waals surface area (Å²) < 4.78 is 78.4. The summed E-state index contributed by atoms with van der Waals surface area (Å²) in [5.74, 6) is -5.78. The molecule has 0 atom stereocenters. The van der Waals surface area contributed by atoms with Gasteiger partial charge in [0.15, 0.2) is 17.4 Å². The van der Waals surface area contributed by atoms with Crippen LogP contribution in [0.15, 0.2) is 40.9 Å². The van der Waals surface area contributed by atoms with Crippen LogP contribution in [0.3, 0.4) is 0 Å². The van der Waals surface area contributed by atoms with Gasteiger partial charge in [-0.25, -0.2) is 8.78 Å². The number of nitrogens with zero attached hydrogens (tertiary/aromatic N) is 1. The van der Waals surface area contributed by atoms with Crippen molar-refractivity contribution in [2.75, 3.05) is 0 Å². The van der Waals surface area contributed by atoms with Crippen molar-refractivity contribution in [3.05, 3.63) is 70.5 Å². The normalized spacial score (nSPS) is 11.6. The van der Waals surface area contributed by atoms with Crippen LogP contribution >= 0.6 is 0 Å². The van der Waals surface area contributed by atoms with Crippen LogP contribution in [0.4, 0.5) is 22.0 Å². The highest BCUT2D eigenvalue weighted by molar-refractivity contribution is 5.67. The fourth-order valence-electron chi connectivity index (χ4n) is 3.08.